The molecule has 0 amide bonds. The number of pyridine rings is 1. The second-order valence-corrected chi connectivity index (χ2v) is 6.91. The second kappa shape index (κ2) is 6.88. The first kappa shape index (κ1) is 16.7. The summed E-state index contributed by atoms with van der Waals surface area (Å²) in [5.74, 6) is 2.17. The maximum Gasteiger partial charge on any atom is 0.145 e. The predicted molar refractivity (Wildman–Crippen MR) is 102 cm³/mol. The fourth-order valence-electron chi connectivity index (χ4n) is 3.54. The van der Waals surface area contributed by atoms with Crippen molar-refractivity contribution in [3.05, 3.63) is 54.1 Å². The quantitative estimate of drug-likeness (QED) is 0.763. The number of nitrogens with two attached hydrogens (primary N) is 1. The van der Waals surface area contributed by atoms with Crippen molar-refractivity contribution in [3.8, 4) is 5.75 Å². The zero-order valence-corrected chi connectivity index (χ0v) is 15.1. The third kappa shape index (κ3) is 3.08. The fraction of sp³-hybridized carbons (Fsp3) is 0.350. The van der Waals surface area contributed by atoms with Crippen molar-refractivity contribution >= 4 is 16.7 Å². The number of anilines is 1. The standard InChI is InChI=1S/C20H23N5O/c1-25(19-10-17(23-12-24-19)14-8-15(21)9-14)11-13-5-6-18(26-2)20-16(13)4-3-7-22-20/h3-7,10,12,14-15H,8-9,11,21H2,1-2H3. The van der Waals surface area contributed by atoms with Gasteiger partial charge >= 0.3 is 0 Å². The molecule has 0 bridgehead atoms. The van der Waals surface area contributed by atoms with Crippen LogP contribution in [0, 0.1) is 0 Å². The summed E-state index contributed by atoms with van der Waals surface area (Å²) in [6.07, 6.45) is 5.46. The summed E-state index contributed by atoms with van der Waals surface area (Å²) in [5.41, 5.74) is 9.07. The molecule has 134 valence electrons. The van der Waals surface area contributed by atoms with E-state index in [0.717, 1.165) is 47.6 Å². The molecule has 1 fully saturated rings. The molecule has 0 radical (unpaired) electrons. The highest BCUT2D eigenvalue weighted by molar-refractivity contribution is 5.87. The Hall–Kier alpha value is -2.73. The summed E-state index contributed by atoms with van der Waals surface area (Å²) in [7, 11) is 3.72. The molecule has 6 nitrogen and oxygen atoms in total. The van der Waals surface area contributed by atoms with E-state index in [1.165, 1.54) is 5.56 Å². The van der Waals surface area contributed by atoms with Gasteiger partial charge in [-0.15, -0.1) is 0 Å². The maximum absolute atomic E-state index is 5.91. The molecule has 0 spiro atoms. The van der Waals surface area contributed by atoms with Crippen LogP contribution in [0.15, 0.2) is 42.9 Å². The molecule has 0 atom stereocenters. The van der Waals surface area contributed by atoms with Gasteiger partial charge in [-0.25, -0.2) is 9.97 Å². The number of fused-ring (bicyclic) bond motifs is 1. The fourth-order valence-corrected chi connectivity index (χ4v) is 3.54. The molecule has 3 aromatic rings. The van der Waals surface area contributed by atoms with Gasteiger partial charge in [0.05, 0.1) is 7.11 Å². The van der Waals surface area contributed by atoms with E-state index in [-0.39, 0.29) is 0 Å². The number of aromatic nitrogens is 3. The molecule has 0 aliphatic heterocycles. The van der Waals surface area contributed by atoms with Gasteiger partial charge in [0.2, 0.25) is 0 Å². The van der Waals surface area contributed by atoms with Crippen molar-refractivity contribution in [2.24, 2.45) is 5.73 Å². The minimum Gasteiger partial charge on any atom is -0.494 e. The number of rotatable bonds is 5. The number of hydrogen-bond acceptors (Lipinski definition) is 6. The van der Waals surface area contributed by atoms with Crippen molar-refractivity contribution in [2.75, 3.05) is 19.1 Å². The van der Waals surface area contributed by atoms with Crippen LogP contribution in [0.2, 0.25) is 0 Å². The Balaban J connectivity index is 1.60. The lowest BCUT2D eigenvalue weighted by atomic mass is 9.78. The van der Waals surface area contributed by atoms with Crippen LogP contribution in [-0.4, -0.2) is 35.2 Å². The first-order valence-corrected chi connectivity index (χ1v) is 8.85. The molecule has 2 heterocycles. The highest BCUT2D eigenvalue weighted by atomic mass is 16.5. The largest absolute Gasteiger partial charge is 0.494 e. The monoisotopic (exact) mass is 349 g/mol. The van der Waals surface area contributed by atoms with Crippen molar-refractivity contribution in [2.45, 2.75) is 31.3 Å². The van der Waals surface area contributed by atoms with Gasteiger partial charge in [0.15, 0.2) is 0 Å². The molecule has 4 rings (SSSR count). The van der Waals surface area contributed by atoms with Crippen LogP contribution in [0.25, 0.3) is 10.9 Å². The third-order valence-electron chi connectivity index (χ3n) is 5.11. The van der Waals surface area contributed by atoms with Crippen LogP contribution in [0.3, 0.4) is 0 Å². The Labute approximate surface area is 153 Å². The molecule has 2 aromatic heterocycles. The first-order valence-electron chi connectivity index (χ1n) is 8.85. The minimum atomic E-state index is 0.314. The SMILES string of the molecule is COc1ccc(CN(C)c2cc(C3CC(N)C3)ncn2)c2cccnc12. The molecule has 0 saturated heterocycles. The first-order chi connectivity index (χ1) is 12.7. The van der Waals surface area contributed by atoms with Crippen LogP contribution in [0.1, 0.15) is 30.0 Å². The van der Waals surface area contributed by atoms with Crippen LogP contribution >= 0.6 is 0 Å². The molecular weight excluding hydrogens is 326 g/mol. The van der Waals surface area contributed by atoms with E-state index in [4.69, 9.17) is 10.5 Å². The molecular formula is C20H23N5O. The highest BCUT2D eigenvalue weighted by Gasteiger charge is 2.28. The lowest BCUT2D eigenvalue weighted by Gasteiger charge is -2.32. The van der Waals surface area contributed by atoms with Gasteiger partial charge in [0.25, 0.3) is 0 Å². The van der Waals surface area contributed by atoms with E-state index < -0.39 is 0 Å². The van der Waals surface area contributed by atoms with Crippen molar-refractivity contribution in [3.63, 3.8) is 0 Å². The average molecular weight is 349 g/mol. The Bertz CT molecular complexity index is 923. The van der Waals surface area contributed by atoms with Gasteiger partial charge < -0.3 is 15.4 Å². The molecule has 1 aromatic carbocycles. The zero-order chi connectivity index (χ0) is 18.1. The lowest BCUT2D eigenvalue weighted by molar-refractivity contribution is 0.345. The Kier molecular flexibility index (Phi) is 4.42. The van der Waals surface area contributed by atoms with Crippen molar-refractivity contribution in [1.82, 2.24) is 15.0 Å². The van der Waals surface area contributed by atoms with Crippen molar-refractivity contribution in [1.29, 1.82) is 0 Å². The second-order valence-electron chi connectivity index (χ2n) is 6.91. The van der Waals surface area contributed by atoms with Crippen LogP contribution in [0.4, 0.5) is 5.82 Å². The van der Waals surface area contributed by atoms with Gasteiger partial charge in [-0.05, 0) is 30.5 Å². The number of methoxy groups -OCH3 is 1. The van der Waals surface area contributed by atoms with E-state index in [9.17, 15) is 0 Å². The topological polar surface area (TPSA) is 77.2 Å². The summed E-state index contributed by atoms with van der Waals surface area (Å²) >= 11 is 0. The van der Waals surface area contributed by atoms with Gasteiger partial charge in [-0.1, -0.05) is 12.1 Å². The van der Waals surface area contributed by atoms with Gasteiger partial charge in [0.1, 0.15) is 23.4 Å². The minimum absolute atomic E-state index is 0.314. The number of ether oxygens (including phenoxy) is 1. The number of nitrogens with zero attached hydrogens (tertiary/aromatic N) is 4. The number of benzene rings is 1. The maximum atomic E-state index is 5.91. The van der Waals surface area contributed by atoms with E-state index in [1.54, 1.807) is 19.6 Å². The lowest BCUT2D eigenvalue weighted by Crippen LogP contribution is -2.35. The van der Waals surface area contributed by atoms with Gasteiger partial charge in [0, 0.05) is 48.9 Å². The summed E-state index contributed by atoms with van der Waals surface area (Å²) in [5, 5.41) is 1.10. The van der Waals surface area contributed by atoms with Crippen LogP contribution < -0.4 is 15.4 Å². The van der Waals surface area contributed by atoms with E-state index in [1.807, 2.05) is 19.2 Å². The normalized spacial score (nSPS) is 19.2. The Morgan fingerprint density at radius 3 is 2.81 bits per heavy atom. The van der Waals surface area contributed by atoms with E-state index >= 15 is 0 Å². The highest BCUT2D eigenvalue weighted by Crippen LogP contribution is 2.35. The molecule has 6 heteroatoms. The van der Waals surface area contributed by atoms with Crippen molar-refractivity contribution < 1.29 is 4.74 Å². The molecule has 1 aliphatic carbocycles. The molecule has 26 heavy (non-hydrogen) atoms. The predicted octanol–water partition coefficient (Wildman–Crippen LogP) is 2.87. The smallest absolute Gasteiger partial charge is 0.145 e. The Morgan fingerprint density at radius 2 is 2.04 bits per heavy atom. The summed E-state index contributed by atoms with van der Waals surface area (Å²) in [6, 6.07) is 10.5. The van der Waals surface area contributed by atoms with Gasteiger partial charge in [-0.2, -0.15) is 0 Å². The summed E-state index contributed by atoms with van der Waals surface area (Å²) in [6.45, 7) is 0.729. The van der Waals surface area contributed by atoms with Gasteiger partial charge in [-0.3, -0.25) is 4.98 Å². The zero-order valence-electron chi connectivity index (χ0n) is 15.1. The Morgan fingerprint density at radius 1 is 1.19 bits per heavy atom. The molecule has 1 saturated carbocycles. The third-order valence-corrected chi connectivity index (χ3v) is 5.11. The van der Waals surface area contributed by atoms with E-state index in [2.05, 4.69) is 38.1 Å². The summed E-state index contributed by atoms with van der Waals surface area (Å²) in [4.78, 5) is 15.5. The number of hydrogen-bond donors (Lipinski definition) is 1. The molecule has 0 unspecified atom stereocenters. The molecule has 2 N–H and O–H groups in total. The van der Waals surface area contributed by atoms with Crippen LogP contribution in [-0.2, 0) is 6.54 Å². The average Bonchev–Trinajstić information content (AvgIpc) is 2.66. The summed E-state index contributed by atoms with van der Waals surface area (Å²) < 4.78 is 5.43. The molecule has 1 aliphatic rings. The van der Waals surface area contributed by atoms with E-state index in [0.29, 0.717) is 12.0 Å². The van der Waals surface area contributed by atoms with Crippen LogP contribution in [0.5, 0.6) is 5.75 Å².